The van der Waals surface area contributed by atoms with Gasteiger partial charge in [-0.15, -0.1) is 13.2 Å². The monoisotopic (exact) mass is 349 g/mol. The van der Waals surface area contributed by atoms with Crippen LogP contribution < -0.4 is 10.3 Å². The summed E-state index contributed by atoms with van der Waals surface area (Å²) in [6.07, 6.45) is -2.10. The SMILES string of the molecule is O=c1[nH]c(/C=C/c2ccccc2OC(F)(F)F)c(Cl)cc1Cl. The first kappa shape index (κ1) is 16.5. The van der Waals surface area contributed by atoms with Crippen molar-refractivity contribution in [3.63, 3.8) is 0 Å². The number of alkyl halides is 3. The zero-order chi connectivity index (χ0) is 16.3. The normalized spacial score (nSPS) is 11.9. The minimum Gasteiger partial charge on any atom is -0.405 e. The molecule has 0 aliphatic rings. The van der Waals surface area contributed by atoms with Crippen LogP contribution in [-0.4, -0.2) is 11.3 Å². The Bertz CT molecular complexity index is 769. The predicted octanol–water partition coefficient (Wildman–Crippen LogP) is 4.75. The Morgan fingerprint density at radius 2 is 1.77 bits per heavy atom. The molecule has 1 N–H and O–H groups in total. The number of rotatable bonds is 3. The van der Waals surface area contributed by atoms with Crippen molar-refractivity contribution in [3.8, 4) is 5.75 Å². The Morgan fingerprint density at radius 3 is 2.45 bits per heavy atom. The van der Waals surface area contributed by atoms with E-state index in [9.17, 15) is 18.0 Å². The Kier molecular flexibility index (Phi) is 4.83. The number of nitrogens with one attached hydrogen (secondary N) is 1. The fraction of sp³-hybridized carbons (Fsp3) is 0.0714. The first-order valence-electron chi connectivity index (χ1n) is 5.87. The van der Waals surface area contributed by atoms with Crippen LogP contribution in [0.4, 0.5) is 13.2 Å². The summed E-state index contributed by atoms with van der Waals surface area (Å²) in [4.78, 5) is 13.8. The second-order valence-corrected chi connectivity index (χ2v) is 4.94. The molecule has 1 heterocycles. The maximum Gasteiger partial charge on any atom is 0.573 e. The number of ether oxygens (including phenoxy) is 1. The lowest BCUT2D eigenvalue weighted by molar-refractivity contribution is -0.274. The van der Waals surface area contributed by atoms with E-state index in [0.717, 1.165) is 0 Å². The van der Waals surface area contributed by atoms with Crippen molar-refractivity contribution in [2.24, 2.45) is 0 Å². The zero-order valence-corrected chi connectivity index (χ0v) is 12.3. The molecule has 8 heteroatoms. The van der Waals surface area contributed by atoms with E-state index in [0.29, 0.717) is 0 Å². The third-order valence-electron chi connectivity index (χ3n) is 2.55. The second kappa shape index (κ2) is 6.46. The minimum absolute atomic E-state index is 0.0806. The van der Waals surface area contributed by atoms with Gasteiger partial charge >= 0.3 is 6.36 Å². The van der Waals surface area contributed by atoms with Gasteiger partial charge in [0.05, 0.1) is 10.7 Å². The fourth-order valence-corrected chi connectivity index (χ4v) is 2.06. The van der Waals surface area contributed by atoms with Crippen molar-refractivity contribution < 1.29 is 17.9 Å². The quantitative estimate of drug-likeness (QED) is 0.868. The highest BCUT2D eigenvalue weighted by molar-refractivity contribution is 6.35. The standard InChI is InChI=1S/C14H8Cl2F3NO2/c15-9-7-10(16)13(21)20-11(9)6-5-8-3-1-2-4-12(8)22-14(17,18)19/h1-7H,(H,20,21)/b6-5+. The lowest BCUT2D eigenvalue weighted by atomic mass is 10.1. The summed E-state index contributed by atoms with van der Waals surface area (Å²) in [5.41, 5.74) is -0.157. The van der Waals surface area contributed by atoms with E-state index in [-0.39, 0.29) is 27.1 Å². The number of pyridine rings is 1. The van der Waals surface area contributed by atoms with Crippen LogP contribution >= 0.6 is 23.2 Å². The van der Waals surface area contributed by atoms with Gasteiger partial charge in [-0.05, 0) is 24.3 Å². The molecule has 0 amide bonds. The van der Waals surface area contributed by atoms with Gasteiger partial charge in [-0.25, -0.2) is 0 Å². The molecule has 0 spiro atoms. The molecule has 22 heavy (non-hydrogen) atoms. The Morgan fingerprint density at radius 1 is 1.09 bits per heavy atom. The van der Waals surface area contributed by atoms with Gasteiger partial charge in [0.2, 0.25) is 0 Å². The van der Waals surface area contributed by atoms with Gasteiger partial charge in [0.15, 0.2) is 0 Å². The summed E-state index contributed by atoms with van der Waals surface area (Å²) in [6.45, 7) is 0. The summed E-state index contributed by atoms with van der Waals surface area (Å²) in [6, 6.07) is 6.82. The topological polar surface area (TPSA) is 42.1 Å². The number of hydrogen-bond donors (Lipinski definition) is 1. The third-order valence-corrected chi connectivity index (χ3v) is 3.14. The van der Waals surface area contributed by atoms with Crippen LogP contribution in [0.3, 0.4) is 0 Å². The summed E-state index contributed by atoms with van der Waals surface area (Å²) in [5.74, 6) is -0.362. The first-order chi connectivity index (χ1) is 10.3. The minimum atomic E-state index is -4.80. The molecule has 0 saturated carbocycles. The highest BCUT2D eigenvalue weighted by Crippen LogP contribution is 2.28. The van der Waals surface area contributed by atoms with E-state index in [1.807, 2.05) is 0 Å². The summed E-state index contributed by atoms with van der Waals surface area (Å²) >= 11 is 11.5. The molecular weight excluding hydrogens is 342 g/mol. The van der Waals surface area contributed by atoms with Crippen LogP contribution in [0.25, 0.3) is 12.2 Å². The summed E-state index contributed by atoms with van der Waals surface area (Å²) in [5, 5.41) is 0.0815. The number of H-pyrrole nitrogens is 1. The maximum absolute atomic E-state index is 12.3. The van der Waals surface area contributed by atoms with Gasteiger partial charge in [-0.2, -0.15) is 0 Å². The van der Waals surface area contributed by atoms with Crippen LogP contribution in [-0.2, 0) is 0 Å². The molecule has 0 radical (unpaired) electrons. The highest BCUT2D eigenvalue weighted by atomic mass is 35.5. The van der Waals surface area contributed by atoms with Gasteiger partial charge in [-0.3, -0.25) is 4.79 Å². The Balaban J connectivity index is 2.35. The van der Waals surface area contributed by atoms with E-state index < -0.39 is 11.9 Å². The van der Waals surface area contributed by atoms with E-state index in [1.54, 1.807) is 6.07 Å². The fourth-order valence-electron chi connectivity index (χ4n) is 1.63. The Hall–Kier alpha value is -1.92. The second-order valence-electron chi connectivity index (χ2n) is 4.13. The van der Waals surface area contributed by atoms with Gasteiger partial charge in [0.25, 0.3) is 5.56 Å². The first-order valence-corrected chi connectivity index (χ1v) is 6.63. The van der Waals surface area contributed by atoms with Crippen LogP contribution in [0.1, 0.15) is 11.3 Å². The van der Waals surface area contributed by atoms with Crippen molar-refractivity contribution >= 4 is 35.4 Å². The van der Waals surface area contributed by atoms with E-state index in [2.05, 4.69) is 9.72 Å². The number of aromatic nitrogens is 1. The van der Waals surface area contributed by atoms with Crippen molar-refractivity contribution in [3.05, 3.63) is 62.0 Å². The van der Waals surface area contributed by atoms with Crippen molar-refractivity contribution in [1.29, 1.82) is 0 Å². The molecule has 2 rings (SSSR count). The summed E-state index contributed by atoms with van der Waals surface area (Å²) in [7, 11) is 0. The molecule has 0 atom stereocenters. The van der Waals surface area contributed by atoms with Gasteiger partial charge < -0.3 is 9.72 Å². The van der Waals surface area contributed by atoms with Gasteiger partial charge in [0.1, 0.15) is 10.8 Å². The van der Waals surface area contributed by atoms with Gasteiger partial charge in [-0.1, -0.05) is 41.4 Å². The average Bonchev–Trinajstić information content (AvgIpc) is 2.41. The molecular formula is C14H8Cl2F3NO2. The van der Waals surface area contributed by atoms with Crippen molar-refractivity contribution in [2.45, 2.75) is 6.36 Å². The average molecular weight is 350 g/mol. The van der Waals surface area contributed by atoms with E-state index >= 15 is 0 Å². The van der Waals surface area contributed by atoms with E-state index in [4.69, 9.17) is 23.2 Å². The molecule has 0 aliphatic heterocycles. The lowest BCUT2D eigenvalue weighted by Gasteiger charge is -2.11. The predicted molar refractivity (Wildman–Crippen MR) is 79.1 cm³/mol. The van der Waals surface area contributed by atoms with Crippen LogP contribution in [0.5, 0.6) is 5.75 Å². The summed E-state index contributed by atoms with van der Waals surface area (Å²) < 4.78 is 40.9. The molecule has 1 aromatic heterocycles. The molecule has 0 unspecified atom stereocenters. The Labute approximate surface area is 132 Å². The van der Waals surface area contributed by atoms with Crippen molar-refractivity contribution in [2.75, 3.05) is 0 Å². The molecule has 2 aromatic rings. The van der Waals surface area contributed by atoms with E-state index in [1.165, 1.54) is 36.4 Å². The number of hydrogen-bond acceptors (Lipinski definition) is 2. The van der Waals surface area contributed by atoms with Crippen LogP contribution in [0.15, 0.2) is 35.1 Å². The van der Waals surface area contributed by atoms with Crippen LogP contribution in [0, 0.1) is 0 Å². The molecule has 116 valence electrons. The number of halogens is 5. The third kappa shape index (κ3) is 4.29. The van der Waals surface area contributed by atoms with Gasteiger partial charge in [0, 0.05) is 5.56 Å². The molecule has 0 aliphatic carbocycles. The maximum atomic E-state index is 12.3. The molecule has 0 saturated heterocycles. The zero-order valence-electron chi connectivity index (χ0n) is 10.7. The highest BCUT2D eigenvalue weighted by Gasteiger charge is 2.31. The van der Waals surface area contributed by atoms with Crippen LogP contribution in [0.2, 0.25) is 10.0 Å². The molecule has 0 fully saturated rings. The largest absolute Gasteiger partial charge is 0.573 e. The number of benzene rings is 1. The molecule has 3 nitrogen and oxygen atoms in total. The van der Waals surface area contributed by atoms with Crippen molar-refractivity contribution in [1.82, 2.24) is 4.98 Å². The molecule has 1 aromatic carbocycles. The number of para-hydroxylation sites is 1. The lowest BCUT2D eigenvalue weighted by Crippen LogP contribution is -2.17. The smallest absolute Gasteiger partial charge is 0.405 e. The molecule has 0 bridgehead atoms. The number of aromatic amines is 1.